The van der Waals surface area contributed by atoms with Gasteiger partial charge in [0.2, 0.25) is 0 Å². The molecule has 8 heteroatoms. The van der Waals surface area contributed by atoms with E-state index < -0.39 is 5.54 Å². The topological polar surface area (TPSA) is 88.1 Å². The molecular weight excluding hydrogens is 378 g/mol. The summed E-state index contributed by atoms with van der Waals surface area (Å²) in [6.07, 6.45) is 4.88. The Morgan fingerprint density at radius 1 is 1.14 bits per heavy atom. The van der Waals surface area contributed by atoms with E-state index in [0.717, 1.165) is 13.1 Å². The van der Waals surface area contributed by atoms with Crippen LogP contribution in [0.15, 0.2) is 42.7 Å². The highest BCUT2D eigenvalue weighted by atomic mass is 35.5. The molecule has 0 unspecified atom stereocenters. The first kappa shape index (κ1) is 21.9. The van der Waals surface area contributed by atoms with Crippen LogP contribution in [0.2, 0.25) is 0 Å². The first-order valence-electron chi connectivity index (χ1n) is 9.25. The fourth-order valence-corrected chi connectivity index (χ4v) is 3.29. The van der Waals surface area contributed by atoms with Gasteiger partial charge in [0.1, 0.15) is 5.54 Å². The molecular formula is C20H28ClN5O2. The number of piperidine rings is 1. The molecule has 0 bridgehead atoms. The van der Waals surface area contributed by atoms with E-state index in [0.29, 0.717) is 24.1 Å². The molecule has 3 rings (SSSR count). The van der Waals surface area contributed by atoms with Crippen LogP contribution in [-0.2, 0) is 10.3 Å². The van der Waals surface area contributed by atoms with Crippen LogP contribution < -0.4 is 16.0 Å². The van der Waals surface area contributed by atoms with Gasteiger partial charge in [-0.25, -0.2) is 0 Å². The monoisotopic (exact) mass is 405 g/mol. The highest BCUT2D eigenvalue weighted by molar-refractivity contribution is 5.98. The Kier molecular flexibility index (Phi) is 6.85. The van der Waals surface area contributed by atoms with Gasteiger partial charge in [-0.1, -0.05) is 0 Å². The number of anilines is 1. The molecule has 152 valence electrons. The number of amides is 2. The molecule has 0 saturated carbocycles. The van der Waals surface area contributed by atoms with Crippen LogP contribution in [0.3, 0.4) is 0 Å². The van der Waals surface area contributed by atoms with Crippen LogP contribution in [0.5, 0.6) is 0 Å². The van der Waals surface area contributed by atoms with Gasteiger partial charge >= 0.3 is 0 Å². The van der Waals surface area contributed by atoms with Gasteiger partial charge < -0.3 is 16.0 Å². The van der Waals surface area contributed by atoms with E-state index in [1.807, 2.05) is 33.0 Å². The summed E-state index contributed by atoms with van der Waals surface area (Å²) in [6.45, 7) is 7.34. The molecule has 1 saturated heterocycles. The average molecular weight is 406 g/mol. The van der Waals surface area contributed by atoms with Crippen molar-refractivity contribution in [2.24, 2.45) is 0 Å². The van der Waals surface area contributed by atoms with Gasteiger partial charge in [-0.2, -0.15) is 5.10 Å². The minimum Gasteiger partial charge on any atom is -0.347 e. The first-order chi connectivity index (χ1) is 12.8. The lowest BCUT2D eigenvalue weighted by atomic mass is 9.87. The number of hydrogen-bond donors (Lipinski definition) is 3. The number of nitrogens with zero attached hydrogens (tertiary/aromatic N) is 2. The van der Waals surface area contributed by atoms with Crippen molar-refractivity contribution in [3.05, 3.63) is 48.3 Å². The number of carbonyl (C=O) groups is 2. The molecule has 2 aromatic rings. The fourth-order valence-electron chi connectivity index (χ4n) is 3.29. The molecule has 0 radical (unpaired) electrons. The molecule has 28 heavy (non-hydrogen) atoms. The number of rotatable bonds is 4. The van der Waals surface area contributed by atoms with Crippen LogP contribution in [0.25, 0.3) is 0 Å². The molecule has 1 aliphatic rings. The Balaban J connectivity index is 0.00000280. The highest BCUT2D eigenvalue weighted by Crippen LogP contribution is 2.28. The molecule has 2 amide bonds. The van der Waals surface area contributed by atoms with Gasteiger partial charge in [0, 0.05) is 29.2 Å². The van der Waals surface area contributed by atoms with Crippen molar-refractivity contribution in [1.82, 2.24) is 20.4 Å². The lowest BCUT2D eigenvalue weighted by Crippen LogP contribution is -2.52. The van der Waals surface area contributed by atoms with Crippen molar-refractivity contribution < 1.29 is 9.59 Å². The zero-order chi connectivity index (χ0) is 19.5. The normalized spacial score (nSPS) is 16.0. The minimum atomic E-state index is -0.697. The Morgan fingerprint density at radius 2 is 1.79 bits per heavy atom. The summed E-state index contributed by atoms with van der Waals surface area (Å²) < 4.78 is 1.76. The summed E-state index contributed by atoms with van der Waals surface area (Å²) in [5.41, 5.74) is 0.232. The van der Waals surface area contributed by atoms with E-state index in [1.54, 1.807) is 35.1 Å². The molecule has 1 aliphatic heterocycles. The van der Waals surface area contributed by atoms with E-state index in [-0.39, 0.29) is 29.8 Å². The zero-order valence-corrected chi connectivity index (χ0v) is 17.3. The van der Waals surface area contributed by atoms with Gasteiger partial charge in [-0.15, -0.1) is 12.4 Å². The largest absolute Gasteiger partial charge is 0.347 e. The van der Waals surface area contributed by atoms with E-state index in [4.69, 9.17) is 0 Å². The van der Waals surface area contributed by atoms with Crippen molar-refractivity contribution in [3.8, 4) is 0 Å². The van der Waals surface area contributed by atoms with Gasteiger partial charge in [-0.3, -0.25) is 14.3 Å². The van der Waals surface area contributed by atoms with Crippen LogP contribution in [0, 0.1) is 0 Å². The standard InChI is InChI=1S/C20H27N5O2.ClH/c1-19(2,3)24-17(26)15-5-7-16(8-6-15)23-18(27)20(9-12-21-13-10-20)25-14-4-11-22-25;/h4-8,11,14,21H,9-10,12-13H2,1-3H3,(H,23,27)(H,24,26);1H. The maximum atomic E-state index is 13.1. The molecule has 1 aromatic heterocycles. The number of carbonyl (C=O) groups excluding carboxylic acids is 2. The Bertz CT molecular complexity index is 791. The predicted octanol–water partition coefficient (Wildman–Crippen LogP) is 2.55. The van der Waals surface area contributed by atoms with Crippen LogP contribution in [-0.4, -0.2) is 40.2 Å². The third kappa shape index (κ3) is 4.91. The Hall–Kier alpha value is -2.38. The summed E-state index contributed by atoms with van der Waals surface area (Å²) in [4.78, 5) is 25.3. The second-order valence-corrected chi connectivity index (χ2v) is 7.97. The maximum Gasteiger partial charge on any atom is 0.252 e. The molecule has 1 aromatic carbocycles. The lowest BCUT2D eigenvalue weighted by Gasteiger charge is -2.36. The maximum absolute atomic E-state index is 13.1. The Morgan fingerprint density at radius 3 is 2.32 bits per heavy atom. The van der Waals surface area contributed by atoms with E-state index in [1.165, 1.54) is 0 Å². The SMILES string of the molecule is CC(C)(C)NC(=O)c1ccc(NC(=O)C2(n3cccn3)CCNCC2)cc1.Cl. The van der Waals surface area contributed by atoms with Gasteiger partial charge in [-0.05, 0) is 77.0 Å². The van der Waals surface area contributed by atoms with Crippen LogP contribution in [0.1, 0.15) is 44.0 Å². The van der Waals surface area contributed by atoms with Crippen molar-refractivity contribution >= 4 is 29.9 Å². The van der Waals surface area contributed by atoms with Crippen molar-refractivity contribution in [2.45, 2.75) is 44.7 Å². The molecule has 7 nitrogen and oxygen atoms in total. The Labute approximate surface area is 171 Å². The third-order valence-electron chi connectivity index (χ3n) is 4.69. The average Bonchev–Trinajstić information content (AvgIpc) is 3.16. The third-order valence-corrected chi connectivity index (χ3v) is 4.69. The molecule has 3 N–H and O–H groups in total. The summed E-state index contributed by atoms with van der Waals surface area (Å²) in [5.74, 6) is -0.216. The number of nitrogens with one attached hydrogen (secondary N) is 3. The zero-order valence-electron chi connectivity index (χ0n) is 16.5. The molecule has 1 fully saturated rings. The summed E-state index contributed by atoms with van der Waals surface area (Å²) in [6, 6.07) is 8.79. The number of benzene rings is 1. The quantitative estimate of drug-likeness (QED) is 0.729. The summed E-state index contributed by atoms with van der Waals surface area (Å²) in [7, 11) is 0. The first-order valence-corrected chi connectivity index (χ1v) is 9.25. The van der Waals surface area contributed by atoms with Crippen molar-refractivity contribution in [2.75, 3.05) is 18.4 Å². The number of hydrogen-bond acceptors (Lipinski definition) is 4. The highest BCUT2D eigenvalue weighted by Gasteiger charge is 2.42. The predicted molar refractivity (Wildman–Crippen MR) is 112 cm³/mol. The second-order valence-electron chi connectivity index (χ2n) is 7.97. The van der Waals surface area contributed by atoms with Gasteiger partial charge in [0.15, 0.2) is 0 Å². The van der Waals surface area contributed by atoms with E-state index >= 15 is 0 Å². The summed E-state index contributed by atoms with van der Waals surface area (Å²) >= 11 is 0. The smallest absolute Gasteiger partial charge is 0.252 e. The molecule has 0 spiro atoms. The van der Waals surface area contributed by atoms with Crippen molar-refractivity contribution in [3.63, 3.8) is 0 Å². The minimum absolute atomic E-state index is 0. The fraction of sp³-hybridized carbons (Fsp3) is 0.450. The molecule has 0 aliphatic carbocycles. The van der Waals surface area contributed by atoms with E-state index in [2.05, 4.69) is 21.0 Å². The van der Waals surface area contributed by atoms with Crippen LogP contribution >= 0.6 is 12.4 Å². The summed E-state index contributed by atoms with van der Waals surface area (Å²) in [5, 5.41) is 13.5. The van der Waals surface area contributed by atoms with E-state index in [9.17, 15) is 9.59 Å². The molecule has 2 heterocycles. The molecule has 0 atom stereocenters. The number of aromatic nitrogens is 2. The van der Waals surface area contributed by atoms with Gasteiger partial charge in [0.25, 0.3) is 11.8 Å². The van der Waals surface area contributed by atoms with Crippen molar-refractivity contribution in [1.29, 1.82) is 0 Å². The number of halogens is 1. The second kappa shape index (κ2) is 8.75. The lowest BCUT2D eigenvalue weighted by molar-refractivity contribution is -0.126. The van der Waals surface area contributed by atoms with Crippen LogP contribution in [0.4, 0.5) is 5.69 Å². The van der Waals surface area contributed by atoms with Gasteiger partial charge in [0.05, 0.1) is 0 Å².